The Hall–Kier alpha value is 0.580. The maximum Gasteiger partial charge on any atom is 0.334 e. The van der Waals surface area contributed by atoms with Gasteiger partial charge >= 0.3 is 17.2 Å². The quantitative estimate of drug-likeness (QED) is 0.231. The molecular weight excluding hydrogens is 246 g/mol. The Balaban J connectivity index is 0. The third kappa shape index (κ3) is 25.1. The van der Waals surface area contributed by atoms with Crippen molar-refractivity contribution in [2.75, 3.05) is 0 Å². The normalized spacial score (nSPS) is 10.8. The Morgan fingerprint density at radius 2 is 1.47 bits per heavy atom. The summed E-state index contributed by atoms with van der Waals surface area (Å²) in [4.78, 5) is 31.3. The summed E-state index contributed by atoms with van der Waals surface area (Å²) in [6.45, 7) is 2.09. The van der Waals surface area contributed by atoms with Crippen LogP contribution in [0.5, 0.6) is 0 Å². The van der Waals surface area contributed by atoms with Gasteiger partial charge in [0.15, 0.2) is 6.29 Å². The van der Waals surface area contributed by atoms with Crippen molar-refractivity contribution in [2.45, 2.75) is 38.9 Å². The lowest BCUT2D eigenvalue weighted by Gasteiger charge is -2.00. The van der Waals surface area contributed by atoms with E-state index in [1.54, 1.807) is 0 Å². The third-order valence-electron chi connectivity index (χ3n) is 1.21. The summed E-state index contributed by atoms with van der Waals surface area (Å²) in [5.74, 6) is 0. The van der Waals surface area contributed by atoms with Crippen LogP contribution in [0.1, 0.15) is 32.6 Å². The Morgan fingerprint density at radius 3 is 1.67 bits per heavy atom. The first-order valence-corrected chi connectivity index (χ1v) is 6.63. The van der Waals surface area contributed by atoms with Crippen LogP contribution >= 0.6 is 17.2 Å². The number of hydrogen-bond donors (Lipinski definition) is 6. The van der Waals surface area contributed by atoms with Crippen molar-refractivity contribution in [1.82, 2.24) is 0 Å². The van der Waals surface area contributed by atoms with Crippen molar-refractivity contribution in [3.8, 4) is 0 Å². The van der Waals surface area contributed by atoms with Gasteiger partial charge in [0.05, 0.1) is 0 Å². The highest BCUT2D eigenvalue weighted by molar-refractivity contribution is 7.53. The van der Waals surface area contributed by atoms with Crippen LogP contribution in [0.25, 0.3) is 0 Å². The van der Waals surface area contributed by atoms with Gasteiger partial charge in [0, 0.05) is 0 Å². The van der Waals surface area contributed by atoms with E-state index in [1.165, 1.54) is 0 Å². The Kier molecular flexibility index (Phi) is 15.1. The van der Waals surface area contributed by atoms with Gasteiger partial charge in [-0.1, -0.05) is 19.8 Å². The van der Waals surface area contributed by atoms with E-state index in [0.29, 0.717) is 6.42 Å². The molecule has 7 nitrogen and oxygen atoms in total. The van der Waals surface area contributed by atoms with Crippen molar-refractivity contribution in [3.63, 3.8) is 0 Å². The molecule has 0 saturated heterocycles. The van der Waals surface area contributed by atoms with Crippen LogP contribution in [0.2, 0.25) is 0 Å². The topological polar surface area (TPSA) is 131 Å². The van der Waals surface area contributed by atoms with Crippen molar-refractivity contribution >= 4 is 17.2 Å². The van der Waals surface area contributed by atoms with Crippen molar-refractivity contribution < 1.29 is 34.1 Å². The summed E-state index contributed by atoms with van der Waals surface area (Å²) in [5.41, 5.74) is 0. The van der Waals surface area contributed by atoms with E-state index in [-0.39, 0.29) is 0 Å². The first kappa shape index (κ1) is 18.0. The van der Waals surface area contributed by atoms with Crippen LogP contribution in [0.4, 0.5) is 0 Å². The maximum atomic E-state index is 8.33. The number of aliphatic hydroxyl groups is 2. The summed E-state index contributed by atoms with van der Waals surface area (Å²) in [5, 5.41) is 16.7. The van der Waals surface area contributed by atoms with E-state index in [4.69, 9.17) is 29.8 Å². The molecule has 0 bridgehead atoms. The van der Waals surface area contributed by atoms with Crippen molar-refractivity contribution in [3.05, 3.63) is 0 Å². The highest BCUT2D eigenvalue weighted by Crippen LogP contribution is 2.41. The minimum absolute atomic E-state index is 0.522. The summed E-state index contributed by atoms with van der Waals surface area (Å²) < 4.78 is 3.60. The van der Waals surface area contributed by atoms with Crippen LogP contribution < -0.4 is 0 Å². The summed E-state index contributed by atoms with van der Waals surface area (Å²) in [6, 6.07) is 0. The zero-order valence-electron chi connectivity index (χ0n) is 8.39. The first-order chi connectivity index (χ1) is 6.90. The highest BCUT2D eigenvalue weighted by Gasteiger charge is 2.05. The molecule has 0 saturated carbocycles. The second-order valence-electron chi connectivity index (χ2n) is 2.56. The van der Waals surface area contributed by atoms with Gasteiger partial charge in [-0.05, 0) is 12.8 Å². The fourth-order valence-electron chi connectivity index (χ4n) is 0.642. The maximum absolute atomic E-state index is 8.33. The average molecular weight is 264 g/mol. The molecule has 0 fully saturated rings. The predicted molar refractivity (Wildman–Crippen MR) is 56.2 cm³/mol. The van der Waals surface area contributed by atoms with Gasteiger partial charge in [0.2, 0.25) is 0 Å². The van der Waals surface area contributed by atoms with E-state index in [1.807, 2.05) is 0 Å². The van der Waals surface area contributed by atoms with E-state index in [0.717, 1.165) is 19.3 Å². The molecular formula is C6H18O7P2. The van der Waals surface area contributed by atoms with Crippen LogP contribution in [0.3, 0.4) is 0 Å². The molecule has 0 heterocycles. The second kappa shape index (κ2) is 12.6. The predicted octanol–water partition coefficient (Wildman–Crippen LogP) is 0.303. The van der Waals surface area contributed by atoms with Crippen LogP contribution in [-0.4, -0.2) is 36.1 Å². The van der Waals surface area contributed by atoms with E-state index < -0.39 is 23.5 Å². The van der Waals surface area contributed by atoms with Crippen LogP contribution in [-0.2, 0) is 4.31 Å². The van der Waals surface area contributed by atoms with Crippen molar-refractivity contribution in [2.24, 2.45) is 0 Å². The van der Waals surface area contributed by atoms with Gasteiger partial charge in [-0.3, -0.25) is 0 Å². The van der Waals surface area contributed by atoms with Gasteiger partial charge in [0.25, 0.3) is 0 Å². The zero-order chi connectivity index (χ0) is 12.3. The molecule has 0 atom stereocenters. The zero-order valence-corrected chi connectivity index (χ0v) is 10.2. The smallest absolute Gasteiger partial charge is 0.334 e. The first-order valence-electron chi connectivity index (χ1n) is 4.30. The largest absolute Gasteiger partial charge is 0.368 e. The van der Waals surface area contributed by atoms with Gasteiger partial charge in [-0.2, -0.15) is 0 Å². The SMILES string of the molecule is CCCCCC(O)O.OP(O)OP(O)O. The lowest BCUT2D eigenvalue weighted by Crippen LogP contribution is -2.02. The molecule has 9 heteroatoms. The van der Waals surface area contributed by atoms with Gasteiger partial charge in [-0.15, -0.1) is 0 Å². The molecule has 6 N–H and O–H groups in total. The number of aliphatic hydroxyl groups excluding tert-OH is 1. The Bertz CT molecular complexity index is 116. The lowest BCUT2D eigenvalue weighted by molar-refractivity contribution is -0.0465. The van der Waals surface area contributed by atoms with Gasteiger partial charge in [-0.25, -0.2) is 4.31 Å². The average Bonchev–Trinajstić information content (AvgIpc) is 2.02. The minimum atomic E-state index is -2.61. The molecule has 0 radical (unpaired) electrons. The molecule has 0 aromatic heterocycles. The molecule has 0 amide bonds. The Labute approximate surface area is 91.0 Å². The number of hydrogen-bond acceptors (Lipinski definition) is 7. The molecule has 94 valence electrons. The fourth-order valence-corrected chi connectivity index (χ4v) is 1.16. The minimum Gasteiger partial charge on any atom is -0.368 e. The summed E-state index contributed by atoms with van der Waals surface area (Å²) in [7, 11) is -5.22. The Morgan fingerprint density at radius 1 is 1.00 bits per heavy atom. The summed E-state index contributed by atoms with van der Waals surface area (Å²) >= 11 is 0. The number of rotatable bonds is 6. The molecule has 0 spiro atoms. The molecule has 0 unspecified atom stereocenters. The molecule has 0 aliphatic rings. The van der Waals surface area contributed by atoms with Crippen LogP contribution in [0.15, 0.2) is 0 Å². The monoisotopic (exact) mass is 264 g/mol. The molecule has 0 aromatic carbocycles. The second-order valence-corrected chi connectivity index (χ2v) is 4.23. The number of unbranched alkanes of at least 4 members (excludes halogenated alkanes) is 2. The van der Waals surface area contributed by atoms with Gasteiger partial charge in [0.1, 0.15) is 0 Å². The summed E-state index contributed by atoms with van der Waals surface area (Å²) in [6.07, 6.45) is 2.58. The molecule has 15 heavy (non-hydrogen) atoms. The molecule has 0 aromatic rings. The molecule has 0 aliphatic heterocycles. The third-order valence-corrected chi connectivity index (χ3v) is 2.38. The molecule has 0 rings (SSSR count). The lowest BCUT2D eigenvalue weighted by atomic mass is 10.2. The highest BCUT2D eigenvalue weighted by atomic mass is 31.2. The molecule has 0 aliphatic carbocycles. The fraction of sp³-hybridized carbons (Fsp3) is 1.00. The van der Waals surface area contributed by atoms with Gasteiger partial charge < -0.3 is 29.8 Å². The van der Waals surface area contributed by atoms with E-state index >= 15 is 0 Å². The standard InChI is InChI=1S/C6H14O2.H4O5P2/c1-2-3-4-5-6(7)8;1-6(2)5-7(3)4/h6-8H,2-5H2,1H3;1-4H. The van der Waals surface area contributed by atoms with E-state index in [9.17, 15) is 0 Å². The van der Waals surface area contributed by atoms with Crippen LogP contribution in [0, 0.1) is 0 Å². The van der Waals surface area contributed by atoms with E-state index in [2.05, 4.69) is 11.2 Å². The van der Waals surface area contributed by atoms with Crippen molar-refractivity contribution in [1.29, 1.82) is 0 Å².